The summed E-state index contributed by atoms with van der Waals surface area (Å²) < 4.78 is 0. The lowest BCUT2D eigenvalue weighted by atomic mass is 10.1. The zero-order valence-corrected chi connectivity index (χ0v) is 7.22. The first kappa shape index (κ1) is 9.70. The molecule has 1 atom stereocenters. The van der Waals surface area contributed by atoms with Crippen LogP contribution in [0.1, 0.15) is 40.0 Å². The van der Waals surface area contributed by atoms with E-state index in [4.69, 9.17) is 0 Å². The van der Waals surface area contributed by atoms with Crippen LogP contribution in [0.4, 0.5) is 0 Å². The van der Waals surface area contributed by atoms with Gasteiger partial charge >= 0.3 is 0 Å². The van der Waals surface area contributed by atoms with E-state index in [0.717, 1.165) is 19.3 Å². The van der Waals surface area contributed by atoms with Gasteiger partial charge in [-0.1, -0.05) is 26.3 Å². The van der Waals surface area contributed by atoms with Crippen molar-refractivity contribution in [1.29, 1.82) is 0 Å². The first-order valence-corrected chi connectivity index (χ1v) is 4.09. The van der Waals surface area contributed by atoms with Crippen LogP contribution < -0.4 is 0 Å². The first-order valence-electron chi connectivity index (χ1n) is 4.09. The minimum Gasteiger partial charge on any atom is -0.389 e. The monoisotopic (exact) mass is 142 g/mol. The fraction of sp³-hybridized carbons (Fsp3) is 0.778. The van der Waals surface area contributed by atoms with Crippen molar-refractivity contribution < 1.29 is 5.11 Å². The molecule has 60 valence electrons. The van der Waals surface area contributed by atoms with Crippen molar-refractivity contribution in [3.8, 4) is 0 Å². The van der Waals surface area contributed by atoms with Crippen LogP contribution in [0.15, 0.2) is 11.6 Å². The van der Waals surface area contributed by atoms with Gasteiger partial charge in [0, 0.05) is 0 Å². The molecule has 0 unspecified atom stereocenters. The lowest BCUT2D eigenvalue weighted by molar-refractivity contribution is 0.227. The molecule has 0 aliphatic heterocycles. The number of hydrogen-bond donors (Lipinski definition) is 1. The topological polar surface area (TPSA) is 20.2 Å². The highest BCUT2D eigenvalue weighted by Gasteiger charge is 1.99. The minimum atomic E-state index is -0.253. The van der Waals surface area contributed by atoms with Gasteiger partial charge in [0.25, 0.3) is 0 Å². The fourth-order valence-corrected chi connectivity index (χ4v) is 0.940. The van der Waals surface area contributed by atoms with Crippen molar-refractivity contribution in [3.05, 3.63) is 11.6 Å². The maximum atomic E-state index is 9.17. The van der Waals surface area contributed by atoms with Crippen molar-refractivity contribution in [2.75, 3.05) is 0 Å². The van der Waals surface area contributed by atoms with E-state index >= 15 is 0 Å². The number of aliphatic hydroxyl groups is 1. The number of aliphatic hydroxyl groups excluding tert-OH is 1. The smallest absolute Gasteiger partial charge is 0.0721 e. The zero-order valence-electron chi connectivity index (χ0n) is 7.22. The van der Waals surface area contributed by atoms with Gasteiger partial charge < -0.3 is 5.11 Å². The van der Waals surface area contributed by atoms with Crippen LogP contribution in [0.2, 0.25) is 0 Å². The summed E-state index contributed by atoms with van der Waals surface area (Å²) in [5, 5.41) is 9.17. The summed E-state index contributed by atoms with van der Waals surface area (Å²) in [6, 6.07) is 0. The van der Waals surface area contributed by atoms with E-state index in [2.05, 4.69) is 19.9 Å². The summed E-state index contributed by atoms with van der Waals surface area (Å²) in [6.07, 6.45) is 5.11. The van der Waals surface area contributed by atoms with E-state index in [0.29, 0.717) is 0 Å². The fourth-order valence-electron chi connectivity index (χ4n) is 0.940. The molecule has 0 bridgehead atoms. The average Bonchev–Trinajstić information content (AvgIpc) is 1.89. The largest absolute Gasteiger partial charge is 0.389 e. The summed E-state index contributed by atoms with van der Waals surface area (Å²) >= 11 is 0. The third-order valence-corrected chi connectivity index (χ3v) is 1.64. The second-order valence-corrected chi connectivity index (χ2v) is 2.60. The van der Waals surface area contributed by atoms with Crippen molar-refractivity contribution in [1.82, 2.24) is 0 Å². The average molecular weight is 142 g/mol. The Hall–Kier alpha value is -0.300. The van der Waals surface area contributed by atoms with Crippen molar-refractivity contribution in [2.45, 2.75) is 46.1 Å². The molecule has 0 saturated carbocycles. The molecule has 0 aliphatic rings. The predicted octanol–water partition coefficient (Wildman–Crippen LogP) is 2.50. The quantitative estimate of drug-likeness (QED) is 0.598. The molecule has 0 aromatic carbocycles. The summed E-state index contributed by atoms with van der Waals surface area (Å²) in [7, 11) is 0. The van der Waals surface area contributed by atoms with Crippen LogP contribution in [-0.2, 0) is 0 Å². The number of hydrogen-bond acceptors (Lipinski definition) is 1. The van der Waals surface area contributed by atoms with Crippen molar-refractivity contribution >= 4 is 0 Å². The Labute approximate surface area is 63.8 Å². The SMILES string of the molecule is CCC/C=C(/CC)[C@H](C)O. The zero-order chi connectivity index (χ0) is 7.98. The van der Waals surface area contributed by atoms with Gasteiger partial charge in [0.1, 0.15) is 0 Å². The Bertz CT molecular complexity index is 103. The molecule has 0 aromatic rings. The number of rotatable bonds is 4. The summed E-state index contributed by atoms with van der Waals surface area (Å²) in [4.78, 5) is 0. The Morgan fingerprint density at radius 2 is 2.10 bits per heavy atom. The summed E-state index contributed by atoms with van der Waals surface area (Å²) in [5.74, 6) is 0. The molecular formula is C9H18O. The molecular weight excluding hydrogens is 124 g/mol. The van der Waals surface area contributed by atoms with E-state index in [1.807, 2.05) is 6.92 Å². The van der Waals surface area contributed by atoms with E-state index in [1.165, 1.54) is 5.57 Å². The van der Waals surface area contributed by atoms with E-state index in [9.17, 15) is 5.11 Å². The van der Waals surface area contributed by atoms with E-state index < -0.39 is 0 Å². The molecule has 0 heterocycles. The predicted molar refractivity (Wildman–Crippen MR) is 45.0 cm³/mol. The molecule has 0 saturated heterocycles. The Morgan fingerprint density at radius 1 is 1.50 bits per heavy atom. The highest BCUT2D eigenvalue weighted by Crippen LogP contribution is 2.08. The highest BCUT2D eigenvalue weighted by atomic mass is 16.3. The number of unbranched alkanes of at least 4 members (excludes halogenated alkanes) is 1. The van der Waals surface area contributed by atoms with Crippen LogP contribution in [0.25, 0.3) is 0 Å². The van der Waals surface area contributed by atoms with Gasteiger partial charge in [-0.3, -0.25) is 0 Å². The van der Waals surface area contributed by atoms with Crippen LogP contribution in [-0.4, -0.2) is 11.2 Å². The van der Waals surface area contributed by atoms with Gasteiger partial charge in [-0.2, -0.15) is 0 Å². The van der Waals surface area contributed by atoms with Gasteiger partial charge in [-0.25, -0.2) is 0 Å². The Balaban J connectivity index is 3.79. The van der Waals surface area contributed by atoms with Gasteiger partial charge in [0.05, 0.1) is 6.10 Å². The second kappa shape index (κ2) is 5.48. The highest BCUT2D eigenvalue weighted by molar-refractivity contribution is 5.05. The standard InChI is InChI=1S/C9H18O/c1-4-6-7-9(5-2)8(3)10/h7-8,10H,4-6H2,1-3H3/b9-7-/t8-/m0/s1. The number of allylic oxidation sites excluding steroid dienone is 1. The molecule has 1 heteroatoms. The molecule has 0 amide bonds. The molecule has 0 spiro atoms. The van der Waals surface area contributed by atoms with E-state index in [-0.39, 0.29) is 6.10 Å². The second-order valence-electron chi connectivity index (χ2n) is 2.60. The normalized spacial score (nSPS) is 15.4. The molecule has 0 aliphatic carbocycles. The van der Waals surface area contributed by atoms with Crippen LogP contribution in [0, 0.1) is 0 Å². The Kier molecular flexibility index (Phi) is 5.32. The van der Waals surface area contributed by atoms with Gasteiger partial charge in [-0.15, -0.1) is 0 Å². The summed E-state index contributed by atoms with van der Waals surface area (Å²) in [6.45, 7) is 6.05. The molecule has 0 aromatic heterocycles. The van der Waals surface area contributed by atoms with Crippen LogP contribution >= 0.6 is 0 Å². The molecule has 0 rings (SSSR count). The molecule has 10 heavy (non-hydrogen) atoms. The molecule has 1 nitrogen and oxygen atoms in total. The van der Waals surface area contributed by atoms with E-state index in [1.54, 1.807) is 0 Å². The molecule has 0 fully saturated rings. The maximum Gasteiger partial charge on any atom is 0.0721 e. The van der Waals surface area contributed by atoms with Gasteiger partial charge in [-0.05, 0) is 25.3 Å². The van der Waals surface area contributed by atoms with Crippen LogP contribution in [0.3, 0.4) is 0 Å². The third kappa shape index (κ3) is 3.67. The van der Waals surface area contributed by atoms with Gasteiger partial charge in [0.2, 0.25) is 0 Å². The first-order chi connectivity index (χ1) is 4.72. The maximum absolute atomic E-state index is 9.17. The summed E-state index contributed by atoms with van der Waals surface area (Å²) in [5.41, 5.74) is 1.17. The third-order valence-electron chi connectivity index (χ3n) is 1.64. The van der Waals surface area contributed by atoms with Crippen LogP contribution in [0.5, 0.6) is 0 Å². The van der Waals surface area contributed by atoms with Gasteiger partial charge in [0.15, 0.2) is 0 Å². The lowest BCUT2D eigenvalue weighted by Gasteiger charge is -2.06. The van der Waals surface area contributed by atoms with Crippen molar-refractivity contribution in [3.63, 3.8) is 0 Å². The Morgan fingerprint density at radius 3 is 2.40 bits per heavy atom. The molecule has 1 N–H and O–H groups in total. The minimum absolute atomic E-state index is 0.253. The lowest BCUT2D eigenvalue weighted by Crippen LogP contribution is -2.03. The van der Waals surface area contributed by atoms with Crippen molar-refractivity contribution in [2.24, 2.45) is 0 Å². The molecule has 0 radical (unpaired) electrons.